The van der Waals surface area contributed by atoms with Gasteiger partial charge in [-0.2, -0.15) is 0 Å². The maximum atomic E-state index is 11.5. The van der Waals surface area contributed by atoms with Gasteiger partial charge in [0.1, 0.15) is 5.78 Å². The summed E-state index contributed by atoms with van der Waals surface area (Å²) in [5, 5.41) is 0. The van der Waals surface area contributed by atoms with E-state index in [1.165, 1.54) is 38.5 Å². The molecule has 4 atom stereocenters. The molecule has 2 saturated carbocycles. The predicted molar refractivity (Wildman–Crippen MR) is 78.1 cm³/mol. The molecule has 0 amide bonds. The largest absolute Gasteiger partial charge is 0.379 e. The van der Waals surface area contributed by atoms with E-state index in [2.05, 4.69) is 13.8 Å². The number of carbonyl (C=O) groups excluding carboxylic acids is 1. The molecule has 2 heteroatoms. The van der Waals surface area contributed by atoms with Gasteiger partial charge in [-0.25, -0.2) is 0 Å². The van der Waals surface area contributed by atoms with Crippen molar-refractivity contribution in [1.82, 2.24) is 0 Å². The molecule has 0 aromatic carbocycles. The highest BCUT2D eigenvalue weighted by Crippen LogP contribution is 2.47. The lowest BCUT2D eigenvalue weighted by Crippen LogP contribution is -2.12. The van der Waals surface area contributed by atoms with E-state index < -0.39 is 0 Å². The Morgan fingerprint density at radius 3 is 2.79 bits per heavy atom. The summed E-state index contributed by atoms with van der Waals surface area (Å²) in [4.78, 5) is 11.5. The molecule has 0 N–H and O–H groups in total. The SMILES string of the molecule is CCOC(CC)CCCC[C@H]1CC[C@@H]2CC(=O)C[C@H]12. The molecule has 2 aliphatic rings. The Morgan fingerprint density at radius 1 is 1.21 bits per heavy atom. The first-order chi connectivity index (χ1) is 9.24. The van der Waals surface area contributed by atoms with Crippen molar-refractivity contribution in [1.29, 1.82) is 0 Å². The van der Waals surface area contributed by atoms with Gasteiger partial charge in [-0.3, -0.25) is 4.79 Å². The number of fused-ring (bicyclic) bond motifs is 1. The Hall–Kier alpha value is -0.370. The van der Waals surface area contributed by atoms with Crippen molar-refractivity contribution in [3.05, 3.63) is 0 Å². The summed E-state index contributed by atoms with van der Waals surface area (Å²) in [5.74, 6) is 2.89. The third-order valence-corrected chi connectivity index (χ3v) is 5.28. The van der Waals surface area contributed by atoms with Crippen LogP contribution in [-0.4, -0.2) is 18.5 Å². The number of carbonyl (C=O) groups is 1. The Morgan fingerprint density at radius 2 is 2.05 bits per heavy atom. The molecule has 0 aromatic rings. The first-order valence-electron chi connectivity index (χ1n) is 8.37. The maximum absolute atomic E-state index is 11.5. The molecule has 0 aromatic heterocycles. The Balaban J connectivity index is 1.62. The van der Waals surface area contributed by atoms with Crippen LogP contribution in [0, 0.1) is 17.8 Å². The second-order valence-corrected chi connectivity index (χ2v) is 6.48. The zero-order valence-electron chi connectivity index (χ0n) is 12.7. The summed E-state index contributed by atoms with van der Waals surface area (Å²) in [6, 6.07) is 0. The molecule has 0 heterocycles. The lowest BCUT2D eigenvalue weighted by Gasteiger charge is -2.19. The normalized spacial score (nSPS) is 31.7. The molecule has 0 radical (unpaired) electrons. The lowest BCUT2D eigenvalue weighted by atomic mass is 9.88. The van der Waals surface area contributed by atoms with Crippen LogP contribution in [0.4, 0.5) is 0 Å². The van der Waals surface area contributed by atoms with Crippen LogP contribution in [0.3, 0.4) is 0 Å². The fraction of sp³-hybridized carbons (Fsp3) is 0.941. The van der Waals surface area contributed by atoms with Crippen molar-refractivity contribution in [2.24, 2.45) is 17.8 Å². The van der Waals surface area contributed by atoms with Crippen molar-refractivity contribution >= 4 is 5.78 Å². The topological polar surface area (TPSA) is 26.3 Å². The fourth-order valence-electron chi connectivity index (χ4n) is 4.24. The first-order valence-corrected chi connectivity index (χ1v) is 8.37. The standard InChI is InChI=1S/C17H30O2/c1-3-16(19-4-2)8-6-5-7-13-9-10-14-11-15(18)12-17(13)14/h13-14,16-17H,3-12H2,1-2H3/t13-,14+,16?,17+/m0/s1. The quantitative estimate of drug-likeness (QED) is 0.610. The van der Waals surface area contributed by atoms with Gasteiger partial charge in [-0.05, 0) is 50.4 Å². The van der Waals surface area contributed by atoms with Gasteiger partial charge in [-0.15, -0.1) is 0 Å². The summed E-state index contributed by atoms with van der Waals surface area (Å²) in [5.41, 5.74) is 0. The van der Waals surface area contributed by atoms with Crippen LogP contribution in [0.15, 0.2) is 0 Å². The molecular weight excluding hydrogens is 236 g/mol. The zero-order chi connectivity index (χ0) is 13.7. The third-order valence-electron chi connectivity index (χ3n) is 5.28. The molecule has 1 unspecified atom stereocenters. The molecule has 2 rings (SSSR count). The summed E-state index contributed by atoms with van der Waals surface area (Å²) in [6.07, 6.45) is 11.3. The van der Waals surface area contributed by atoms with Crippen LogP contribution in [0.5, 0.6) is 0 Å². The van der Waals surface area contributed by atoms with Crippen molar-refractivity contribution in [2.45, 2.75) is 77.7 Å². The third kappa shape index (κ3) is 4.05. The van der Waals surface area contributed by atoms with Gasteiger partial charge in [0, 0.05) is 19.4 Å². The van der Waals surface area contributed by atoms with Gasteiger partial charge in [0.25, 0.3) is 0 Å². The Kier molecular flexibility index (Phi) is 5.87. The van der Waals surface area contributed by atoms with E-state index in [1.54, 1.807) is 0 Å². The maximum Gasteiger partial charge on any atom is 0.133 e. The van der Waals surface area contributed by atoms with Gasteiger partial charge >= 0.3 is 0 Å². The number of ether oxygens (including phenoxy) is 1. The Bertz CT molecular complexity index is 287. The van der Waals surface area contributed by atoms with E-state index in [4.69, 9.17) is 4.74 Å². The van der Waals surface area contributed by atoms with E-state index in [1.807, 2.05) is 0 Å². The summed E-state index contributed by atoms with van der Waals surface area (Å²) in [7, 11) is 0. The molecule has 0 aliphatic heterocycles. The number of hydrogen-bond acceptors (Lipinski definition) is 2. The van der Waals surface area contributed by atoms with Crippen molar-refractivity contribution < 1.29 is 9.53 Å². The van der Waals surface area contributed by atoms with Crippen molar-refractivity contribution in [2.75, 3.05) is 6.61 Å². The summed E-state index contributed by atoms with van der Waals surface area (Å²) < 4.78 is 5.70. The predicted octanol–water partition coefficient (Wildman–Crippen LogP) is 4.37. The van der Waals surface area contributed by atoms with Gasteiger partial charge < -0.3 is 4.74 Å². The van der Waals surface area contributed by atoms with E-state index in [0.717, 1.165) is 43.6 Å². The van der Waals surface area contributed by atoms with Gasteiger partial charge in [0.15, 0.2) is 0 Å². The smallest absolute Gasteiger partial charge is 0.133 e. The van der Waals surface area contributed by atoms with Crippen LogP contribution in [0.2, 0.25) is 0 Å². The highest BCUT2D eigenvalue weighted by Gasteiger charge is 2.42. The van der Waals surface area contributed by atoms with Crippen LogP contribution in [0.1, 0.15) is 71.6 Å². The minimum absolute atomic E-state index is 0.467. The summed E-state index contributed by atoms with van der Waals surface area (Å²) in [6.45, 7) is 5.14. The highest BCUT2D eigenvalue weighted by molar-refractivity contribution is 5.81. The van der Waals surface area contributed by atoms with E-state index >= 15 is 0 Å². The average Bonchev–Trinajstić information content (AvgIpc) is 2.93. The number of ketones is 1. The lowest BCUT2D eigenvalue weighted by molar-refractivity contribution is -0.118. The number of Topliss-reactive ketones (excluding diaryl/α,β-unsaturated/α-hetero) is 1. The van der Waals surface area contributed by atoms with Crippen LogP contribution in [0.25, 0.3) is 0 Å². The monoisotopic (exact) mass is 266 g/mol. The van der Waals surface area contributed by atoms with Crippen LogP contribution in [-0.2, 0) is 9.53 Å². The molecule has 0 spiro atoms. The summed E-state index contributed by atoms with van der Waals surface area (Å²) >= 11 is 0. The molecule has 2 nitrogen and oxygen atoms in total. The second-order valence-electron chi connectivity index (χ2n) is 6.48. The molecular formula is C17H30O2. The zero-order valence-corrected chi connectivity index (χ0v) is 12.7. The Labute approximate surface area is 118 Å². The number of hydrogen-bond donors (Lipinski definition) is 0. The average molecular weight is 266 g/mol. The first kappa shape index (κ1) is 15.0. The molecule has 0 bridgehead atoms. The molecule has 2 fully saturated rings. The van der Waals surface area contributed by atoms with Gasteiger partial charge in [-0.1, -0.05) is 26.2 Å². The van der Waals surface area contributed by atoms with E-state index in [9.17, 15) is 4.79 Å². The molecule has 2 aliphatic carbocycles. The number of unbranched alkanes of at least 4 members (excludes halogenated alkanes) is 1. The number of rotatable bonds is 8. The van der Waals surface area contributed by atoms with Crippen molar-refractivity contribution in [3.8, 4) is 0 Å². The second kappa shape index (κ2) is 7.42. The fourth-order valence-corrected chi connectivity index (χ4v) is 4.24. The molecule has 19 heavy (non-hydrogen) atoms. The van der Waals surface area contributed by atoms with E-state index in [-0.39, 0.29) is 0 Å². The van der Waals surface area contributed by atoms with Crippen molar-refractivity contribution in [3.63, 3.8) is 0 Å². The van der Waals surface area contributed by atoms with Gasteiger partial charge in [0.2, 0.25) is 0 Å². The molecule has 110 valence electrons. The van der Waals surface area contributed by atoms with Crippen LogP contribution >= 0.6 is 0 Å². The van der Waals surface area contributed by atoms with Gasteiger partial charge in [0.05, 0.1) is 6.10 Å². The van der Waals surface area contributed by atoms with Crippen LogP contribution < -0.4 is 0 Å². The minimum atomic E-state index is 0.467. The van der Waals surface area contributed by atoms with E-state index in [0.29, 0.717) is 11.9 Å². The minimum Gasteiger partial charge on any atom is -0.379 e. The highest BCUT2D eigenvalue weighted by atomic mass is 16.5. The molecule has 0 saturated heterocycles.